The van der Waals surface area contributed by atoms with Gasteiger partial charge >= 0.3 is 5.97 Å². The maximum absolute atomic E-state index is 13.4. The van der Waals surface area contributed by atoms with Crippen molar-refractivity contribution in [2.24, 2.45) is 0 Å². The first-order valence-electron chi connectivity index (χ1n) is 8.68. The average Bonchev–Trinajstić information content (AvgIpc) is 2.72. The lowest BCUT2D eigenvalue weighted by atomic mass is 10.3. The molecule has 0 saturated heterocycles. The van der Waals surface area contributed by atoms with Crippen LogP contribution in [0.1, 0.15) is 6.92 Å². The molecule has 1 aliphatic rings. The summed E-state index contributed by atoms with van der Waals surface area (Å²) in [6, 6.07) is 10.9. The summed E-state index contributed by atoms with van der Waals surface area (Å²) >= 11 is 0. The number of sulfonamides is 1. The first kappa shape index (κ1) is 19.8. The molecule has 0 amide bonds. The third-order valence-electron chi connectivity index (χ3n) is 4.04. The number of hydrogen-bond donors (Lipinski definition) is 0. The molecule has 8 nitrogen and oxygen atoms in total. The molecule has 0 aromatic heterocycles. The molecule has 1 aliphatic heterocycles. The largest absolute Gasteiger partial charge is 0.492 e. The van der Waals surface area contributed by atoms with E-state index >= 15 is 0 Å². The Hall–Kier alpha value is -2.94. The van der Waals surface area contributed by atoms with Crippen molar-refractivity contribution in [2.75, 3.05) is 37.8 Å². The Morgan fingerprint density at radius 2 is 1.82 bits per heavy atom. The highest BCUT2D eigenvalue weighted by Crippen LogP contribution is 2.36. The van der Waals surface area contributed by atoms with Crippen LogP contribution in [0.2, 0.25) is 0 Å². The van der Waals surface area contributed by atoms with Crippen LogP contribution in [0.4, 0.5) is 5.69 Å². The molecule has 28 heavy (non-hydrogen) atoms. The molecule has 9 heteroatoms. The summed E-state index contributed by atoms with van der Waals surface area (Å²) in [5, 5.41) is 0. The van der Waals surface area contributed by atoms with Gasteiger partial charge in [-0.2, -0.15) is 0 Å². The smallest absolute Gasteiger partial charge is 0.326 e. The Morgan fingerprint density at radius 1 is 1.11 bits per heavy atom. The summed E-state index contributed by atoms with van der Waals surface area (Å²) in [5.74, 6) is 0.449. The maximum Gasteiger partial charge on any atom is 0.326 e. The molecule has 0 bridgehead atoms. The minimum atomic E-state index is -4.12. The number of carbonyl (C=O) groups excluding carboxylic acids is 1. The highest BCUT2D eigenvalue weighted by molar-refractivity contribution is 7.92. The number of methoxy groups -OCH3 is 1. The molecule has 0 N–H and O–H groups in total. The molecule has 150 valence electrons. The van der Waals surface area contributed by atoms with Crippen LogP contribution in [0.3, 0.4) is 0 Å². The first-order chi connectivity index (χ1) is 13.5. The van der Waals surface area contributed by atoms with Gasteiger partial charge in [0.25, 0.3) is 10.0 Å². The van der Waals surface area contributed by atoms with Crippen LogP contribution in [0, 0.1) is 0 Å². The van der Waals surface area contributed by atoms with Crippen LogP contribution in [-0.2, 0) is 19.6 Å². The number of fused-ring (bicyclic) bond motifs is 1. The molecular formula is C19H21NO7S. The third-order valence-corrected chi connectivity index (χ3v) is 5.79. The standard InChI is InChI=1S/C19H21NO7S/c1-3-25-16-7-5-4-6-15(16)20(13-19(21)24-2)28(22,23)14-8-9-17-18(12-14)27-11-10-26-17/h4-9,12H,3,10-11,13H2,1-2H3. The first-order valence-corrected chi connectivity index (χ1v) is 10.1. The van der Waals surface area contributed by atoms with Gasteiger partial charge in [-0.1, -0.05) is 12.1 Å². The molecule has 0 atom stereocenters. The second-order valence-electron chi connectivity index (χ2n) is 5.79. The van der Waals surface area contributed by atoms with Crippen LogP contribution in [0.25, 0.3) is 0 Å². The van der Waals surface area contributed by atoms with E-state index in [-0.39, 0.29) is 10.6 Å². The molecule has 0 unspecified atom stereocenters. The van der Waals surface area contributed by atoms with Gasteiger partial charge in [0.2, 0.25) is 0 Å². The number of ether oxygens (including phenoxy) is 4. The number of para-hydroxylation sites is 2. The molecular weight excluding hydrogens is 386 g/mol. The average molecular weight is 407 g/mol. The monoisotopic (exact) mass is 407 g/mol. The molecule has 0 radical (unpaired) electrons. The number of rotatable bonds is 7. The Balaban J connectivity index is 2.08. The highest BCUT2D eigenvalue weighted by Gasteiger charge is 2.31. The van der Waals surface area contributed by atoms with E-state index in [0.717, 1.165) is 4.31 Å². The van der Waals surface area contributed by atoms with Gasteiger partial charge in [-0.3, -0.25) is 9.10 Å². The van der Waals surface area contributed by atoms with Gasteiger partial charge in [-0.05, 0) is 31.2 Å². The SMILES string of the molecule is CCOc1ccccc1N(CC(=O)OC)S(=O)(=O)c1ccc2c(c1)OCCO2. The zero-order chi connectivity index (χ0) is 20.1. The zero-order valence-corrected chi connectivity index (χ0v) is 16.4. The molecule has 3 rings (SSSR count). The van der Waals surface area contributed by atoms with Crippen molar-refractivity contribution in [2.45, 2.75) is 11.8 Å². The Bertz CT molecular complexity index is 959. The van der Waals surface area contributed by atoms with E-state index in [2.05, 4.69) is 0 Å². The highest BCUT2D eigenvalue weighted by atomic mass is 32.2. The molecule has 1 heterocycles. The topological polar surface area (TPSA) is 91.4 Å². The summed E-state index contributed by atoms with van der Waals surface area (Å²) in [7, 11) is -2.92. The Kier molecular flexibility index (Phi) is 5.93. The van der Waals surface area contributed by atoms with Crippen molar-refractivity contribution in [3.63, 3.8) is 0 Å². The van der Waals surface area contributed by atoms with Crippen LogP contribution in [0.15, 0.2) is 47.4 Å². The predicted octanol–water partition coefficient (Wildman–Crippen LogP) is 2.22. The van der Waals surface area contributed by atoms with Crippen molar-refractivity contribution in [3.8, 4) is 17.2 Å². The summed E-state index contributed by atoms with van der Waals surface area (Å²) in [4.78, 5) is 11.9. The number of hydrogen-bond acceptors (Lipinski definition) is 7. The third kappa shape index (κ3) is 3.99. The Morgan fingerprint density at radius 3 is 2.54 bits per heavy atom. The lowest BCUT2D eigenvalue weighted by molar-refractivity contribution is -0.138. The fourth-order valence-corrected chi connectivity index (χ4v) is 4.17. The normalized spacial score (nSPS) is 12.9. The number of esters is 1. The van der Waals surface area contributed by atoms with Gasteiger partial charge in [-0.15, -0.1) is 0 Å². The van der Waals surface area contributed by atoms with Crippen molar-refractivity contribution in [1.29, 1.82) is 0 Å². The van der Waals surface area contributed by atoms with Gasteiger partial charge in [0.1, 0.15) is 25.5 Å². The van der Waals surface area contributed by atoms with Crippen molar-refractivity contribution in [3.05, 3.63) is 42.5 Å². The minimum absolute atomic E-state index is 0.0352. The van der Waals surface area contributed by atoms with E-state index in [9.17, 15) is 13.2 Å². The molecule has 2 aromatic rings. The number of carbonyl (C=O) groups is 1. The van der Waals surface area contributed by atoms with Crippen LogP contribution >= 0.6 is 0 Å². The van der Waals surface area contributed by atoms with E-state index in [4.69, 9.17) is 18.9 Å². The fourth-order valence-electron chi connectivity index (χ4n) is 2.73. The van der Waals surface area contributed by atoms with Crippen LogP contribution < -0.4 is 18.5 Å². The predicted molar refractivity (Wildman–Crippen MR) is 102 cm³/mol. The fraction of sp³-hybridized carbons (Fsp3) is 0.316. The minimum Gasteiger partial charge on any atom is -0.492 e. The molecule has 0 aliphatic carbocycles. The number of anilines is 1. The lowest BCUT2D eigenvalue weighted by Crippen LogP contribution is -2.36. The maximum atomic E-state index is 13.4. The second kappa shape index (κ2) is 8.39. The van der Waals surface area contributed by atoms with E-state index < -0.39 is 22.5 Å². The zero-order valence-electron chi connectivity index (χ0n) is 15.6. The van der Waals surface area contributed by atoms with Gasteiger partial charge in [-0.25, -0.2) is 8.42 Å². The number of nitrogens with zero attached hydrogens (tertiary/aromatic N) is 1. The summed E-state index contributed by atoms with van der Waals surface area (Å²) in [5.41, 5.74) is 0.240. The van der Waals surface area contributed by atoms with Crippen molar-refractivity contribution < 1.29 is 32.2 Å². The van der Waals surface area contributed by atoms with Crippen molar-refractivity contribution >= 4 is 21.7 Å². The van der Waals surface area contributed by atoms with Crippen LogP contribution in [0.5, 0.6) is 17.2 Å². The van der Waals surface area contributed by atoms with Gasteiger partial charge in [0.15, 0.2) is 11.5 Å². The van der Waals surface area contributed by atoms with Crippen LogP contribution in [-0.4, -0.2) is 47.9 Å². The van der Waals surface area contributed by atoms with E-state index in [1.165, 1.54) is 25.3 Å². The second-order valence-corrected chi connectivity index (χ2v) is 7.66. The summed E-state index contributed by atoms with van der Waals surface area (Å²) < 4.78 is 48.9. The van der Waals surface area contributed by atoms with Gasteiger partial charge in [0, 0.05) is 6.07 Å². The van der Waals surface area contributed by atoms with Gasteiger partial charge in [0.05, 0.1) is 24.3 Å². The Labute approximate surface area is 163 Å². The molecule has 0 fully saturated rings. The van der Waals surface area contributed by atoms with E-state index in [1.54, 1.807) is 31.2 Å². The molecule has 2 aromatic carbocycles. The lowest BCUT2D eigenvalue weighted by Gasteiger charge is -2.26. The summed E-state index contributed by atoms with van der Waals surface area (Å²) in [6.07, 6.45) is 0. The number of benzene rings is 2. The summed E-state index contributed by atoms with van der Waals surface area (Å²) in [6.45, 7) is 2.35. The van der Waals surface area contributed by atoms with E-state index in [1.807, 2.05) is 0 Å². The van der Waals surface area contributed by atoms with Crippen molar-refractivity contribution in [1.82, 2.24) is 0 Å². The van der Waals surface area contributed by atoms with Gasteiger partial charge < -0.3 is 18.9 Å². The molecule has 0 spiro atoms. The molecule has 0 saturated carbocycles. The van der Waals surface area contributed by atoms with E-state index in [0.29, 0.717) is 37.1 Å². The quantitative estimate of drug-likeness (QED) is 0.650.